The first-order valence-electron chi connectivity index (χ1n) is 1.66. The Labute approximate surface area is 54.0 Å². The van der Waals surface area contributed by atoms with Crippen LogP contribution in [0.25, 0.3) is 0 Å². The molecule has 1 aromatic heterocycles. The van der Waals surface area contributed by atoms with Crippen molar-refractivity contribution in [2.24, 2.45) is 0 Å². The maximum Gasteiger partial charge on any atom is 0.259 e. The minimum Gasteiger partial charge on any atom is -0.416 e. The number of hydrogen-bond acceptors (Lipinski definition) is 3. The SMILES string of the molecule is Nc1cnc(I)o1. The highest BCUT2D eigenvalue weighted by atomic mass is 127. The molecular weight excluding hydrogens is 207 g/mol. The van der Waals surface area contributed by atoms with Crippen LogP contribution >= 0.6 is 22.6 Å². The van der Waals surface area contributed by atoms with Crippen LogP contribution in [0.5, 0.6) is 0 Å². The molecule has 0 atom stereocenters. The fraction of sp³-hybridized carbons (Fsp3) is 0. The Hall–Kier alpha value is -0.260. The van der Waals surface area contributed by atoms with Crippen LogP contribution in [0.4, 0.5) is 5.88 Å². The van der Waals surface area contributed by atoms with Gasteiger partial charge in [0.2, 0.25) is 5.88 Å². The molecular formula is C3H3IN2O. The van der Waals surface area contributed by atoms with Crippen molar-refractivity contribution in [1.82, 2.24) is 4.98 Å². The van der Waals surface area contributed by atoms with Gasteiger partial charge in [-0.3, -0.25) is 0 Å². The predicted octanol–water partition coefficient (Wildman–Crippen LogP) is 0.861. The monoisotopic (exact) mass is 210 g/mol. The smallest absolute Gasteiger partial charge is 0.259 e. The van der Waals surface area contributed by atoms with E-state index in [9.17, 15) is 0 Å². The number of nitrogen functional groups attached to an aromatic ring is 1. The van der Waals surface area contributed by atoms with Gasteiger partial charge in [-0.15, -0.1) is 0 Å². The van der Waals surface area contributed by atoms with Crippen LogP contribution in [0, 0.1) is 3.90 Å². The summed E-state index contributed by atoms with van der Waals surface area (Å²) in [5, 5.41) is 0. The molecule has 4 heteroatoms. The zero-order valence-corrected chi connectivity index (χ0v) is 5.55. The third kappa shape index (κ3) is 1.05. The lowest BCUT2D eigenvalue weighted by Crippen LogP contribution is -1.75. The minimum atomic E-state index is 0.365. The number of hydrogen-bond donors (Lipinski definition) is 1. The molecule has 0 radical (unpaired) electrons. The highest BCUT2D eigenvalue weighted by Gasteiger charge is 1.90. The molecule has 0 spiro atoms. The summed E-state index contributed by atoms with van der Waals surface area (Å²) in [7, 11) is 0. The molecule has 1 heterocycles. The second kappa shape index (κ2) is 1.69. The fourth-order valence-electron chi connectivity index (χ4n) is 0.264. The van der Waals surface area contributed by atoms with Crippen molar-refractivity contribution >= 4 is 28.5 Å². The molecule has 0 aliphatic carbocycles. The van der Waals surface area contributed by atoms with Gasteiger partial charge in [0.05, 0.1) is 6.20 Å². The Morgan fingerprint density at radius 3 is 2.71 bits per heavy atom. The van der Waals surface area contributed by atoms with Crippen LogP contribution in [-0.2, 0) is 0 Å². The van der Waals surface area contributed by atoms with Gasteiger partial charge >= 0.3 is 0 Å². The van der Waals surface area contributed by atoms with Crippen molar-refractivity contribution in [3.63, 3.8) is 0 Å². The van der Waals surface area contributed by atoms with E-state index < -0.39 is 0 Å². The van der Waals surface area contributed by atoms with Gasteiger partial charge in [0.15, 0.2) is 0 Å². The van der Waals surface area contributed by atoms with Crippen LogP contribution < -0.4 is 5.73 Å². The number of nitrogens with two attached hydrogens (primary N) is 1. The Kier molecular flexibility index (Phi) is 1.18. The summed E-state index contributed by atoms with van der Waals surface area (Å²) in [4.78, 5) is 3.71. The molecule has 0 saturated carbocycles. The second-order valence-electron chi connectivity index (χ2n) is 1.02. The number of aromatic nitrogens is 1. The van der Waals surface area contributed by atoms with E-state index in [-0.39, 0.29) is 0 Å². The summed E-state index contributed by atoms with van der Waals surface area (Å²) < 4.78 is 5.32. The van der Waals surface area contributed by atoms with E-state index in [1.165, 1.54) is 6.20 Å². The lowest BCUT2D eigenvalue weighted by molar-refractivity contribution is 0.543. The van der Waals surface area contributed by atoms with E-state index in [1.54, 1.807) is 0 Å². The van der Waals surface area contributed by atoms with E-state index in [0.717, 1.165) is 0 Å². The molecule has 3 nitrogen and oxygen atoms in total. The number of nitrogens with zero attached hydrogens (tertiary/aromatic N) is 1. The molecule has 0 aliphatic rings. The minimum absolute atomic E-state index is 0.365. The Balaban J connectivity index is 3.04. The van der Waals surface area contributed by atoms with Gasteiger partial charge in [-0.2, -0.15) is 0 Å². The van der Waals surface area contributed by atoms with Gasteiger partial charge < -0.3 is 10.2 Å². The molecule has 2 N–H and O–H groups in total. The van der Waals surface area contributed by atoms with Gasteiger partial charge in [-0.05, 0) is 0 Å². The zero-order chi connectivity index (χ0) is 5.28. The normalized spacial score (nSPS) is 9.29. The van der Waals surface area contributed by atoms with Crippen molar-refractivity contribution < 1.29 is 4.42 Å². The van der Waals surface area contributed by atoms with E-state index in [4.69, 9.17) is 10.2 Å². The maximum atomic E-state index is 5.14. The van der Waals surface area contributed by atoms with Crippen molar-refractivity contribution in [2.75, 3.05) is 5.73 Å². The van der Waals surface area contributed by atoms with Crippen LogP contribution in [0.2, 0.25) is 0 Å². The standard InChI is InChI=1S/C3H3IN2O/c4-3-6-1-2(5)7-3/h1H,5H2. The largest absolute Gasteiger partial charge is 0.416 e. The highest BCUT2D eigenvalue weighted by molar-refractivity contribution is 14.1. The van der Waals surface area contributed by atoms with Gasteiger partial charge in [0.1, 0.15) is 0 Å². The topological polar surface area (TPSA) is 52.0 Å². The summed E-state index contributed by atoms with van der Waals surface area (Å²) in [6, 6.07) is 0. The summed E-state index contributed by atoms with van der Waals surface area (Å²) in [5.41, 5.74) is 5.14. The quantitative estimate of drug-likeness (QED) is 0.646. The third-order valence-corrected chi connectivity index (χ3v) is 0.994. The molecule has 38 valence electrons. The van der Waals surface area contributed by atoms with Crippen molar-refractivity contribution in [3.05, 3.63) is 10.1 Å². The van der Waals surface area contributed by atoms with Crippen molar-refractivity contribution in [3.8, 4) is 0 Å². The molecule has 0 saturated heterocycles. The third-order valence-electron chi connectivity index (χ3n) is 0.495. The number of rotatable bonds is 0. The van der Waals surface area contributed by atoms with Crippen molar-refractivity contribution in [1.29, 1.82) is 0 Å². The van der Waals surface area contributed by atoms with E-state index >= 15 is 0 Å². The first-order valence-corrected chi connectivity index (χ1v) is 2.74. The van der Waals surface area contributed by atoms with Gasteiger partial charge in [0, 0.05) is 22.6 Å². The predicted molar refractivity (Wildman–Crippen MR) is 33.6 cm³/mol. The summed E-state index contributed by atoms with van der Waals surface area (Å²) >= 11 is 1.94. The molecule has 0 aromatic carbocycles. The summed E-state index contributed by atoms with van der Waals surface area (Å²) in [5.74, 6) is 0.365. The van der Waals surface area contributed by atoms with Crippen LogP contribution in [0.1, 0.15) is 0 Å². The van der Waals surface area contributed by atoms with Gasteiger partial charge in [0.25, 0.3) is 3.90 Å². The first kappa shape index (κ1) is 4.89. The second-order valence-corrected chi connectivity index (χ2v) is 1.94. The average Bonchev–Trinajstić information content (AvgIpc) is 1.87. The van der Waals surface area contributed by atoms with Crippen LogP contribution in [0.3, 0.4) is 0 Å². The molecule has 0 fully saturated rings. The molecule has 1 aromatic rings. The number of anilines is 1. The number of oxazole rings is 1. The molecule has 0 aliphatic heterocycles. The lowest BCUT2D eigenvalue weighted by atomic mass is 10.9. The Morgan fingerprint density at radius 1 is 1.86 bits per heavy atom. The molecule has 0 amide bonds. The van der Waals surface area contributed by atoms with Gasteiger partial charge in [-0.1, -0.05) is 0 Å². The molecule has 0 unspecified atom stereocenters. The summed E-state index contributed by atoms with van der Waals surface area (Å²) in [6.45, 7) is 0. The zero-order valence-electron chi connectivity index (χ0n) is 3.39. The van der Waals surface area contributed by atoms with E-state index in [0.29, 0.717) is 9.78 Å². The van der Waals surface area contributed by atoms with Crippen LogP contribution in [0.15, 0.2) is 10.6 Å². The molecule has 7 heavy (non-hydrogen) atoms. The highest BCUT2D eigenvalue weighted by Crippen LogP contribution is 2.05. The lowest BCUT2D eigenvalue weighted by Gasteiger charge is -1.72. The summed E-state index contributed by atoms with van der Waals surface area (Å²) in [6.07, 6.45) is 1.47. The van der Waals surface area contributed by atoms with E-state index in [2.05, 4.69) is 4.98 Å². The van der Waals surface area contributed by atoms with E-state index in [1.807, 2.05) is 22.6 Å². The molecule has 1 rings (SSSR count). The van der Waals surface area contributed by atoms with Crippen LogP contribution in [-0.4, -0.2) is 4.98 Å². The number of halogens is 1. The fourth-order valence-corrected chi connectivity index (χ4v) is 0.658. The maximum absolute atomic E-state index is 5.14. The van der Waals surface area contributed by atoms with Crippen molar-refractivity contribution in [2.45, 2.75) is 0 Å². The van der Waals surface area contributed by atoms with Gasteiger partial charge in [-0.25, -0.2) is 4.98 Å². The Morgan fingerprint density at radius 2 is 2.57 bits per heavy atom. The average molecular weight is 210 g/mol. The molecule has 0 bridgehead atoms. The Bertz CT molecular complexity index is 145. The first-order chi connectivity index (χ1) is 3.29.